The number of piperidine rings is 1. The molecule has 1 aliphatic rings. The third-order valence-corrected chi connectivity index (χ3v) is 4.43. The van der Waals surface area contributed by atoms with Crippen molar-refractivity contribution in [2.75, 3.05) is 13.1 Å². The first-order valence-corrected chi connectivity index (χ1v) is 7.25. The summed E-state index contributed by atoms with van der Waals surface area (Å²) in [7, 11) is 0. The van der Waals surface area contributed by atoms with Crippen molar-refractivity contribution in [2.45, 2.75) is 18.9 Å². The SMILES string of the molecule is O=C(N[C@@H]1CCCNC1)c1cc2ccc(F)cc2s1. The van der Waals surface area contributed by atoms with Gasteiger partial charge >= 0.3 is 0 Å². The summed E-state index contributed by atoms with van der Waals surface area (Å²) in [5, 5.41) is 7.21. The highest BCUT2D eigenvalue weighted by molar-refractivity contribution is 7.20. The minimum atomic E-state index is -0.266. The summed E-state index contributed by atoms with van der Waals surface area (Å²) in [5.74, 6) is -0.326. The van der Waals surface area contributed by atoms with Gasteiger partial charge in [0.15, 0.2) is 0 Å². The Bertz CT molecular complexity index is 605. The summed E-state index contributed by atoms with van der Waals surface area (Å²) >= 11 is 1.34. The lowest BCUT2D eigenvalue weighted by Crippen LogP contribution is -2.45. The van der Waals surface area contributed by atoms with E-state index >= 15 is 0 Å². The van der Waals surface area contributed by atoms with Gasteiger partial charge in [0.2, 0.25) is 0 Å². The Morgan fingerprint density at radius 1 is 1.42 bits per heavy atom. The van der Waals surface area contributed by atoms with Crippen molar-refractivity contribution in [3.8, 4) is 0 Å². The molecule has 2 aromatic rings. The van der Waals surface area contributed by atoms with Gasteiger partial charge in [-0.2, -0.15) is 0 Å². The molecule has 1 atom stereocenters. The fraction of sp³-hybridized carbons (Fsp3) is 0.357. The average molecular weight is 278 g/mol. The zero-order chi connectivity index (χ0) is 13.2. The maximum absolute atomic E-state index is 13.1. The molecule has 0 radical (unpaired) electrons. The number of rotatable bonds is 2. The number of nitrogens with one attached hydrogen (secondary N) is 2. The molecule has 0 spiro atoms. The minimum absolute atomic E-state index is 0.0599. The van der Waals surface area contributed by atoms with E-state index in [1.165, 1.54) is 23.5 Å². The maximum Gasteiger partial charge on any atom is 0.261 e. The summed E-state index contributed by atoms with van der Waals surface area (Å²) in [4.78, 5) is 12.8. The number of halogens is 1. The normalized spacial score (nSPS) is 19.5. The van der Waals surface area contributed by atoms with Crippen LogP contribution in [0.4, 0.5) is 4.39 Å². The maximum atomic E-state index is 13.1. The van der Waals surface area contributed by atoms with Crippen molar-refractivity contribution in [3.05, 3.63) is 35.0 Å². The monoisotopic (exact) mass is 278 g/mol. The lowest BCUT2D eigenvalue weighted by atomic mass is 10.1. The number of hydrogen-bond acceptors (Lipinski definition) is 3. The molecular weight excluding hydrogens is 263 g/mol. The van der Waals surface area contributed by atoms with Gasteiger partial charge in [-0.25, -0.2) is 4.39 Å². The van der Waals surface area contributed by atoms with Gasteiger partial charge in [-0.3, -0.25) is 4.79 Å². The van der Waals surface area contributed by atoms with Crippen LogP contribution in [0.15, 0.2) is 24.3 Å². The number of fused-ring (bicyclic) bond motifs is 1. The summed E-state index contributed by atoms with van der Waals surface area (Å²) in [6, 6.07) is 6.62. The van der Waals surface area contributed by atoms with Crippen LogP contribution in [0.2, 0.25) is 0 Å². The van der Waals surface area contributed by atoms with Gasteiger partial charge in [-0.1, -0.05) is 6.07 Å². The van der Waals surface area contributed by atoms with Crippen molar-refractivity contribution in [1.29, 1.82) is 0 Å². The van der Waals surface area contributed by atoms with Crippen LogP contribution in [0.25, 0.3) is 10.1 Å². The van der Waals surface area contributed by atoms with Gasteiger partial charge in [0.05, 0.1) is 4.88 Å². The molecule has 19 heavy (non-hydrogen) atoms. The molecule has 3 nitrogen and oxygen atoms in total. The predicted molar refractivity (Wildman–Crippen MR) is 75.1 cm³/mol. The van der Waals surface area contributed by atoms with Gasteiger partial charge in [0.1, 0.15) is 5.82 Å². The topological polar surface area (TPSA) is 41.1 Å². The van der Waals surface area contributed by atoms with Crippen molar-refractivity contribution in [2.24, 2.45) is 0 Å². The fourth-order valence-electron chi connectivity index (χ4n) is 2.35. The van der Waals surface area contributed by atoms with E-state index in [1.54, 1.807) is 6.07 Å². The first kappa shape index (κ1) is 12.6. The third kappa shape index (κ3) is 2.77. The molecule has 1 fully saturated rings. The molecule has 0 saturated carbocycles. The van der Waals surface area contributed by atoms with Crippen molar-refractivity contribution in [3.63, 3.8) is 0 Å². The quantitative estimate of drug-likeness (QED) is 0.886. The molecule has 1 aromatic carbocycles. The number of carbonyl (C=O) groups excluding carboxylic acids is 1. The second-order valence-electron chi connectivity index (χ2n) is 4.81. The van der Waals surface area contributed by atoms with Gasteiger partial charge in [0.25, 0.3) is 5.91 Å². The molecule has 1 saturated heterocycles. The molecule has 100 valence electrons. The van der Waals surface area contributed by atoms with Gasteiger partial charge in [0, 0.05) is 17.3 Å². The molecule has 1 amide bonds. The van der Waals surface area contributed by atoms with E-state index in [-0.39, 0.29) is 17.8 Å². The van der Waals surface area contributed by atoms with E-state index in [1.807, 2.05) is 6.07 Å². The molecule has 5 heteroatoms. The molecule has 1 aromatic heterocycles. The molecule has 0 aliphatic carbocycles. The number of hydrogen-bond donors (Lipinski definition) is 2. The van der Waals surface area contributed by atoms with Crippen LogP contribution < -0.4 is 10.6 Å². The minimum Gasteiger partial charge on any atom is -0.347 e. The van der Waals surface area contributed by atoms with Crippen LogP contribution in [0.3, 0.4) is 0 Å². The van der Waals surface area contributed by atoms with E-state index < -0.39 is 0 Å². The summed E-state index contributed by atoms with van der Waals surface area (Å²) in [5.41, 5.74) is 0. The third-order valence-electron chi connectivity index (χ3n) is 3.34. The zero-order valence-electron chi connectivity index (χ0n) is 10.4. The van der Waals surface area contributed by atoms with E-state index in [0.29, 0.717) is 4.88 Å². The first-order chi connectivity index (χ1) is 9.22. The Morgan fingerprint density at radius 3 is 3.11 bits per heavy atom. The number of amides is 1. The molecule has 1 aliphatic heterocycles. The lowest BCUT2D eigenvalue weighted by molar-refractivity contribution is 0.0935. The van der Waals surface area contributed by atoms with Crippen LogP contribution >= 0.6 is 11.3 Å². The van der Waals surface area contributed by atoms with Gasteiger partial charge in [-0.15, -0.1) is 11.3 Å². The molecule has 2 N–H and O–H groups in total. The van der Waals surface area contributed by atoms with Crippen LogP contribution in [0.1, 0.15) is 22.5 Å². The van der Waals surface area contributed by atoms with Crippen molar-refractivity contribution in [1.82, 2.24) is 10.6 Å². The Balaban J connectivity index is 1.77. The molecule has 0 bridgehead atoms. The molecule has 3 rings (SSSR count). The Morgan fingerprint density at radius 2 is 2.32 bits per heavy atom. The highest BCUT2D eigenvalue weighted by Gasteiger charge is 2.17. The fourth-order valence-corrected chi connectivity index (χ4v) is 3.34. The number of thiophene rings is 1. The highest BCUT2D eigenvalue weighted by Crippen LogP contribution is 2.26. The lowest BCUT2D eigenvalue weighted by Gasteiger charge is -2.23. The van der Waals surface area contributed by atoms with Crippen molar-refractivity contribution < 1.29 is 9.18 Å². The standard InChI is InChI=1S/C14H15FN2OS/c15-10-4-3-9-6-13(19-12(9)7-10)14(18)17-11-2-1-5-16-8-11/h3-4,6-7,11,16H,1-2,5,8H2,(H,17,18)/t11-/m1/s1. The largest absolute Gasteiger partial charge is 0.347 e. The van der Waals surface area contributed by atoms with Crippen LogP contribution in [0, 0.1) is 5.82 Å². The van der Waals surface area contributed by atoms with Crippen LogP contribution in [-0.4, -0.2) is 25.0 Å². The first-order valence-electron chi connectivity index (χ1n) is 6.43. The summed E-state index contributed by atoms with van der Waals surface area (Å²) in [6.45, 7) is 1.85. The van der Waals surface area contributed by atoms with E-state index in [0.717, 1.165) is 36.0 Å². The summed E-state index contributed by atoms with van der Waals surface area (Å²) < 4.78 is 13.9. The zero-order valence-corrected chi connectivity index (χ0v) is 11.2. The van der Waals surface area contributed by atoms with Crippen LogP contribution in [0.5, 0.6) is 0 Å². The number of benzene rings is 1. The highest BCUT2D eigenvalue weighted by atomic mass is 32.1. The molecule has 2 heterocycles. The Hall–Kier alpha value is -1.46. The van der Waals surface area contributed by atoms with Crippen LogP contribution in [-0.2, 0) is 0 Å². The number of carbonyl (C=O) groups is 1. The van der Waals surface area contributed by atoms with E-state index in [2.05, 4.69) is 10.6 Å². The van der Waals surface area contributed by atoms with Crippen molar-refractivity contribution >= 4 is 27.3 Å². The second kappa shape index (κ2) is 5.27. The molecular formula is C14H15FN2OS. The van der Waals surface area contributed by atoms with Gasteiger partial charge in [-0.05, 0) is 43.0 Å². The molecule has 0 unspecified atom stereocenters. The predicted octanol–water partition coefficient (Wildman–Crippen LogP) is 2.52. The Labute approximate surface area is 114 Å². The Kier molecular flexibility index (Phi) is 3.48. The van der Waals surface area contributed by atoms with Gasteiger partial charge < -0.3 is 10.6 Å². The van der Waals surface area contributed by atoms with E-state index in [4.69, 9.17) is 0 Å². The smallest absolute Gasteiger partial charge is 0.261 e. The summed E-state index contributed by atoms with van der Waals surface area (Å²) in [6.07, 6.45) is 2.10. The second-order valence-corrected chi connectivity index (χ2v) is 5.89. The average Bonchev–Trinajstić information content (AvgIpc) is 2.83. The van der Waals surface area contributed by atoms with E-state index in [9.17, 15) is 9.18 Å².